The molecule has 0 aliphatic carbocycles. The highest BCUT2D eigenvalue weighted by Gasteiger charge is 2.26. The molecule has 7 nitrogen and oxygen atoms in total. The first-order valence-corrected chi connectivity index (χ1v) is 11.6. The van der Waals surface area contributed by atoms with Crippen LogP contribution >= 0.6 is 0 Å². The van der Waals surface area contributed by atoms with Crippen LogP contribution in [0.1, 0.15) is 47.9 Å². The van der Waals surface area contributed by atoms with E-state index in [2.05, 4.69) is 5.32 Å². The van der Waals surface area contributed by atoms with Crippen molar-refractivity contribution in [3.8, 4) is 11.1 Å². The van der Waals surface area contributed by atoms with Gasteiger partial charge in [0.15, 0.2) is 0 Å². The highest BCUT2D eigenvalue weighted by Crippen LogP contribution is 2.34. The molecule has 8 heteroatoms. The number of aliphatic carboxylic acids is 1. The number of halogens is 1. The van der Waals surface area contributed by atoms with Crippen molar-refractivity contribution in [2.75, 3.05) is 5.32 Å². The summed E-state index contributed by atoms with van der Waals surface area (Å²) >= 11 is 0. The minimum absolute atomic E-state index is 0.104. The van der Waals surface area contributed by atoms with Crippen LogP contribution in [0.15, 0.2) is 54.6 Å². The SMILES string of the molecule is CCn1c(CC[C@@H](O)C[C@@H](O)CC(=O)[O-])c(-c2ccc(F)cc2)c(C)c1C(=O)Nc1ccccc1. The number of amides is 1. The van der Waals surface area contributed by atoms with Gasteiger partial charge in [0.1, 0.15) is 11.5 Å². The van der Waals surface area contributed by atoms with Crippen molar-refractivity contribution in [1.29, 1.82) is 0 Å². The number of carbonyl (C=O) groups is 2. The second-order valence-electron chi connectivity index (χ2n) is 8.52. The second kappa shape index (κ2) is 11.8. The summed E-state index contributed by atoms with van der Waals surface area (Å²) in [5, 5.41) is 33.9. The lowest BCUT2D eigenvalue weighted by atomic mass is 9.97. The lowest BCUT2D eigenvalue weighted by Crippen LogP contribution is -2.29. The van der Waals surface area contributed by atoms with Gasteiger partial charge in [0, 0.05) is 35.9 Å². The molecule has 0 saturated heterocycles. The number of nitrogens with one attached hydrogen (secondary N) is 1. The normalized spacial score (nSPS) is 12.8. The second-order valence-corrected chi connectivity index (χ2v) is 8.52. The molecule has 0 aliphatic rings. The number of carbonyl (C=O) groups excluding carboxylic acids is 2. The zero-order chi connectivity index (χ0) is 25.5. The highest BCUT2D eigenvalue weighted by molar-refractivity contribution is 6.05. The summed E-state index contributed by atoms with van der Waals surface area (Å²) in [6, 6.07) is 15.1. The number of aromatic nitrogens is 1. The molecule has 0 spiro atoms. The molecule has 2 atom stereocenters. The molecule has 0 unspecified atom stereocenters. The third-order valence-corrected chi connectivity index (χ3v) is 5.97. The van der Waals surface area contributed by atoms with E-state index in [4.69, 9.17) is 0 Å². The Morgan fingerprint density at radius 1 is 1.06 bits per heavy atom. The molecule has 3 N–H and O–H groups in total. The van der Waals surface area contributed by atoms with E-state index in [1.54, 1.807) is 24.3 Å². The minimum Gasteiger partial charge on any atom is -0.550 e. The average molecular weight is 482 g/mol. The fourth-order valence-corrected chi connectivity index (χ4v) is 4.43. The number of anilines is 1. The number of para-hydroxylation sites is 1. The summed E-state index contributed by atoms with van der Waals surface area (Å²) in [4.78, 5) is 24.0. The van der Waals surface area contributed by atoms with Crippen LogP contribution in [0.3, 0.4) is 0 Å². The van der Waals surface area contributed by atoms with Crippen LogP contribution in [0.25, 0.3) is 11.1 Å². The molecule has 1 heterocycles. The zero-order valence-corrected chi connectivity index (χ0v) is 19.8. The van der Waals surface area contributed by atoms with Crippen molar-refractivity contribution >= 4 is 17.6 Å². The first kappa shape index (κ1) is 26.1. The maximum atomic E-state index is 13.6. The smallest absolute Gasteiger partial charge is 0.272 e. The molecule has 1 amide bonds. The Bertz CT molecular complexity index is 1160. The van der Waals surface area contributed by atoms with Crippen LogP contribution < -0.4 is 10.4 Å². The van der Waals surface area contributed by atoms with E-state index in [0.29, 0.717) is 24.3 Å². The van der Waals surface area contributed by atoms with Gasteiger partial charge in [0.25, 0.3) is 5.91 Å². The number of hydrogen-bond acceptors (Lipinski definition) is 5. The van der Waals surface area contributed by atoms with Crippen LogP contribution in [-0.2, 0) is 17.8 Å². The summed E-state index contributed by atoms with van der Waals surface area (Å²) in [6.45, 7) is 4.24. The molecular weight excluding hydrogens is 451 g/mol. The predicted molar refractivity (Wildman–Crippen MR) is 129 cm³/mol. The molecule has 3 aromatic rings. The molecule has 0 bridgehead atoms. The molecule has 0 radical (unpaired) electrons. The van der Waals surface area contributed by atoms with Gasteiger partial charge in [-0.05, 0) is 68.5 Å². The van der Waals surface area contributed by atoms with Crippen molar-refractivity contribution < 1.29 is 29.3 Å². The molecule has 0 fully saturated rings. The van der Waals surface area contributed by atoms with Gasteiger partial charge >= 0.3 is 0 Å². The fourth-order valence-electron chi connectivity index (χ4n) is 4.43. The van der Waals surface area contributed by atoms with Crippen LogP contribution in [0.5, 0.6) is 0 Å². The first-order chi connectivity index (χ1) is 16.7. The molecule has 0 saturated carbocycles. The Morgan fingerprint density at radius 2 is 1.71 bits per heavy atom. The number of hydrogen-bond donors (Lipinski definition) is 3. The molecule has 2 aromatic carbocycles. The maximum absolute atomic E-state index is 13.6. The first-order valence-electron chi connectivity index (χ1n) is 11.6. The number of benzene rings is 2. The summed E-state index contributed by atoms with van der Waals surface area (Å²) in [5.41, 5.74) is 4.18. The maximum Gasteiger partial charge on any atom is 0.272 e. The molecular formula is C27H30FN2O5-. The number of aliphatic hydroxyl groups excluding tert-OH is 2. The largest absolute Gasteiger partial charge is 0.550 e. The summed E-state index contributed by atoms with van der Waals surface area (Å²) in [6.07, 6.45) is -2.22. The Hall–Kier alpha value is -3.49. The van der Waals surface area contributed by atoms with E-state index >= 15 is 0 Å². The van der Waals surface area contributed by atoms with E-state index in [9.17, 15) is 29.3 Å². The van der Waals surface area contributed by atoms with Gasteiger partial charge < -0.3 is 30.0 Å². The average Bonchev–Trinajstić information content (AvgIpc) is 3.09. The Balaban J connectivity index is 1.97. The molecule has 3 rings (SSSR count). The third-order valence-electron chi connectivity index (χ3n) is 5.97. The van der Waals surface area contributed by atoms with E-state index in [1.165, 1.54) is 12.1 Å². The molecule has 186 valence electrons. The van der Waals surface area contributed by atoms with Crippen molar-refractivity contribution in [2.24, 2.45) is 0 Å². The van der Waals surface area contributed by atoms with Crippen LogP contribution in [-0.4, -0.2) is 38.9 Å². The summed E-state index contributed by atoms with van der Waals surface area (Å²) < 4.78 is 15.5. The lowest BCUT2D eigenvalue weighted by molar-refractivity contribution is -0.307. The highest BCUT2D eigenvalue weighted by atomic mass is 19.1. The number of carboxylic acid groups (broad SMARTS) is 1. The van der Waals surface area contributed by atoms with Gasteiger partial charge in [-0.25, -0.2) is 4.39 Å². The Kier molecular flexibility index (Phi) is 8.78. The topological polar surface area (TPSA) is 115 Å². The van der Waals surface area contributed by atoms with Crippen molar-refractivity contribution in [3.05, 3.63) is 77.4 Å². The van der Waals surface area contributed by atoms with Gasteiger partial charge in [-0.15, -0.1) is 0 Å². The molecule has 0 aliphatic heterocycles. The van der Waals surface area contributed by atoms with Gasteiger partial charge in [-0.2, -0.15) is 0 Å². The fraction of sp³-hybridized carbons (Fsp3) is 0.333. The zero-order valence-electron chi connectivity index (χ0n) is 19.8. The van der Waals surface area contributed by atoms with Crippen molar-refractivity contribution in [1.82, 2.24) is 4.57 Å². The number of rotatable bonds is 11. The minimum atomic E-state index is -1.38. The van der Waals surface area contributed by atoms with Gasteiger partial charge in [0.05, 0.1) is 12.2 Å². The number of aliphatic hydroxyl groups is 2. The standard InChI is InChI=1S/C27H31FN2O5/c1-3-30-23(14-13-21(31)15-22(32)16-24(33)34)25(18-9-11-19(28)12-10-18)17(2)26(30)27(35)29-20-7-5-4-6-8-20/h4-12,21-22,31-32H,3,13-16H2,1-2H3,(H,29,35)(H,33,34)/p-1/t21-,22-/m1/s1. The van der Waals surface area contributed by atoms with Crippen LogP contribution in [0.4, 0.5) is 10.1 Å². The quantitative estimate of drug-likeness (QED) is 0.389. The predicted octanol–water partition coefficient (Wildman–Crippen LogP) is 3.06. The van der Waals surface area contributed by atoms with Crippen LogP contribution in [0.2, 0.25) is 0 Å². The van der Waals surface area contributed by atoms with Crippen LogP contribution in [0, 0.1) is 12.7 Å². The third kappa shape index (κ3) is 6.55. The lowest BCUT2D eigenvalue weighted by Gasteiger charge is -2.18. The Labute approximate surface area is 203 Å². The summed E-state index contributed by atoms with van der Waals surface area (Å²) in [7, 11) is 0. The van der Waals surface area contributed by atoms with Crippen molar-refractivity contribution in [3.63, 3.8) is 0 Å². The van der Waals surface area contributed by atoms with E-state index in [0.717, 1.165) is 22.4 Å². The van der Waals surface area contributed by atoms with E-state index in [-0.39, 0.29) is 24.6 Å². The number of carboxylic acids is 1. The van der Waals surface area contributed by atoms with E-state index in [1.807, 2.05) is 36.6 Å². The van der Waals surface area contributed by atoms with Gasteiger partial charge in [-0.3, -0.25) is 4.79 Å². The molecule has 35 heavy (non-hydrogen) atoms. The monoisotopic (exact) mass is 481 g/mol. The summed E-state index contributed by atoms with van der Waals surface area (Å²) in [5.74, 6) is -2.04. The Morgan fingerprint density at radius 3 is 2.31 bits per heavy atom. The molecule has 1 aromatic heterocycles. The van der Waals surface area contributed by atoms with Gasteiger partial charge in [-0.1, -0.05) is 30.3 Å². The van der Waals surface area contributed by atoms with E-state index < -0.39 is 24.6 Å². The number of nitrogens with zero attached hydrogens (tertiary/aromatic N) is 1. The van der Waals surface area contributed by atoms with Gasteiger partial charge in [0.2, 0.25) is 0 Å². The van der Waals surface area contributed by atoms with Crippen molar-refractivity contribution in [2.45, 2.75) is 58.3 Å².